The second-order valence-electron chi connectivity index (χ2n) is 6.74. The van der Waals surface area contributed by atoms with E-state index in [4.69, 9.17) is 16.6 Å². The number of carbonyl (C=O) groups excluding carboxylic acids is 1. The third-order valence-corrected chi connectivity index (χ3v) is 6.33. The van der Waals surface area contributed by atoms with Gasteiger partial charge in [-0.3, -0.25) is 4.79 Å². The van der Waals surface area contributed by atoms with E-state index in [1.165, 1.54) is 11.3 Å². The number of thiazole rings is 1. The van der Waals surface area contributed by atoms with Gasteiger partial charge in [0.2, 0.25) is 5.78 Å². The van der Waals surface area contributed by atoms with E-state index in [-0.39, 0.29) is 5.78 Å². The Kier molecular flexibility index (Phi) is 4.92. The van der Waals surface area contributed by atoms with Gasteiger partial charge in [0.25, 0.3) is 0 Å². The van der Waals surface area contributed by atoms with E-state index in [0.717, 1.165) is 33.2 Å². The lowest BCUT2D eigenvalue weighted by atomic mass is 10.1. The normalized spacial score (nSPS) is 11.0. The van der Waals surface area contributed by atoms with Crippen LogP contribution in [-0.4, -0.2) is 15.3 Å². The minimum Gasteiger partial charge on any atom is -0.351 e. The Hall–Kier alpha value is -2.69. The molecule has 5 heteroatoms. The molecule has 4 rings (SSSR count). The summed E-state index contributed by atoms with van der Waals surface area (Å²) in [6.45, 7) is 4.15. The van der Waals surface area contributed by atoms with Crippen LogP contribution in [0.2, 0.25) is 5.02 Å². The lowest BCUT2D eigenvalue weighted by Crippen LogP contribution is -2.00. The Labute approximate surface area is 173 Å². The molecular formula is C23H19ClN2OS. The molecule has 0 aliphatic heterocycles. The van der Waals surface area contributed by atoms with Gasteiger partial charge in [0.05, 0.1) is 5.69 Å². The molecule has 0 N–H and O–H groups in total. The van der Waals surface area contributed by atoms with Crippen LogP contribution in [0, 0.1) is 13.8 Å². The molecule has 2 heterocycles. The van der Waals surface area contributed by atoms with Crippen molar-refractivity contribution in [2.24, 2.45) is 7.05 Å². The number of hydrogen-bond acceptors (Lipinski definition) is 3. The van der Waals surface area contributed by atoms with Gasteiger partial charge in [0, 0.05) is 40.1 Å². The molecular weight excluding hydrogens is 388 g/mol. The Morgan fingerprint density at radius 1 is 1.04 bits per heavy atom. The molecule has 0 unspecified atom stereocenters. The lowest BCUT2D eigenvalue weighted by molar-refractivity contribution is 0.104. The van der Waals surface area contributed by atoms with Gasteiger partial charge in [0.1, 0.15) is 9.88 Å². The SMILES string of the molecule is Cc1cc(-c2nc(-c3ccccc3)c(C(=O)c3ccc(Cl)cc3)s2)c(C)n1C. The topological polar surface area (TPSA) is 34.9 Å². The van der Waals surface area contributed by atoms with Gasteiger partial charge in [-0.15, -0.1) is 11.3 Å². The van der Waals surface area contributed by atoms with E-state index < -0.39 is 0 Å². The fourth-order valence-corrected chi connectivity index (χ4v) is 4.43. The van der Waals surface area contributed by atoms with Crippen LogP contribution in [0.25, 0.3) is 21.8 Å². The fourth-order valence-electron chi connectivity index (χ4n) is 3.19. The quantitative estimate of drug-likeness (QED) is 0.372. The maximum absolute atomic E-state index is 13.3. The summed E-state index contributed by atoms with van der Waals surface area (Å²) < 4.78 is 2.14. The fraction of sp³-hybridized carbons (Fsp3) is 0.130. The van der Waals surface area contributed by atoms with Crippen LogP contribution in [0.5, 0.6) is 0 Å². The van der Waals surface area contributed by atoms with Gasteiger partial charge in [0.15, 0.2) is 0 Å². The van der Waals surface area contributed by atoms with Crippen LogP contribution in [-0.2, 0) is 7.05 Å². The molecule has 4 aromatic rings. The zero-order chi connectivity index (χ0) is 19.8. The number of benzene rings is 2. The van der Waals surface area contributed by atoms with Crippen LogP contribution >= 0.6 is 22.9 Å². The molecule has 0 spiro atoms. The number of halogens is 1. The van der Waals surface area contributed by atoms with Crippen molar-refractivity contribution in [2.45, 2.75) is 13.8 Å². The van der Waals surface area contributed by atoms with Gasteiger partial charge < -0.3 is 4.57 Å². The number of aromatic nitrogens is 2. The molecule has 2 aromatic carbocycles. The second kappa shape index (κ2) is 7.38. The van der Waals surface area contributed by atoms with Crippen molar-refractivity contribution >= 4 is 28.7 Å². The van der Waals surface area contributed by atoms with E-state index in [1.807, 2.05) is 37.4 Å². The van der Waals surface area contributed by atoms with E-state index in [9.17, 15) is 4.79 Å². The maximum atomic E-state index is 13.3. The van der Waals surface area contributed by atoms with Crippen molar-refractivity contribution in [3.63, 3.8) is 0 Å². The molecule has 0 atom stereocenters. The van der Waals surface area contributed by atoms with E-state index in [0.29, 0.717) is 15.5 Å². The summed E-state index contributed by atoms with van der Waals surface area (Å²) in [5.74, 6) is -0.0374. The first kappa shape index (κ1) is 18.7. The first-order valence-electron chi connectivity index (χ1n) is 8.95. The highest BCUT2D eigenvalue weighted by Gasteiger charge is 2.23. The predicted octanol–water partition coefficient (Wildman–Crippen LogP) is 6.32. The van der Waals surface area contributed by atoms with Crippen molar-refractivity contribution in [1.29, 1.82) is 0 Å². The van der Waals surface area contributed by atoms with Crippen molar-refractivity contribution < 1.29 is 4.79 Å². The van der Waals surface area contributed by atoms with Crippen molar-refractivity contribution in [3.05, 3.63) is 87.5 Å². The largest absolute Gasteiger partial charge is 0.351 e. The Bertz CT molecular complexity index is 1160. The molecule has 2 aromatic heterocycles. The average molecular weight is 407 g/mol. The van der Waals surface area contributed by atoms with Crippen LogP contribution in [0.4, 0.5) is 0 Å². The molecule has 0 aliphatic rings. The summed E-state index contributed by atoms with van der Waals surface area (Å²) >= 11 is 7.43. The van der Waals surface area contributed by atoms with Crippen molar-refractivity contribution in [1.82, 2.24) is 9.55 Å². The van der Waals surface area contributed by atoms with Crippen LogP contribution < -0.4 is 0 Å². The summed E-state index contributed by atoms with van der Waals surface area (Å²) in [7, 11) is 2.04. The zero-order valence-corrected chi connectivity index (χ0v) is 17.4. The highest BCUT2D eigenvalue weighted by Crippen LogP contribution is 2.37. The highest BCUT2D eigenvalue weighted by molar-refractivity contribution is 7.17. The van der Waals surface area contributed by atoms with E-state index in [1.54, 1.807) is 24.3 Å². The minimum absolute atomic E-state index is 0.0374. The van der Waals surface area contributed by atoms with Crippen molar-refractivity contribution in [3.8, 4) is 21.8 Å². The third-order valence-electron chi connectivity index (χ3n) is 4.99. The zero-order valence-electron chi connectivity index (χ0n) is 15.9. The van der Waals surface area contributed by atoms with E-state index in [2.05, 4.69) is 24.5 Å². The first-order valence-corrected chi connectivity index (χ1v) is 10.1. The molecule has 0 aliphatic carbocycles. The average Bonchev–Trinajstić information content (AvgIpc) is 3.26. The van der Waals surface area contributed by atoms with Gasteiger partial charge in [-0.05, 0) is 44.2 Å². The summed E-state index contributed by atoms with van der Waals surface area (Å²) in [5, 5.41) is 1.47. The molecule has 140 valence electrons. The smallest absolute Gasteiger partial charge is 0.205 e. The number of rotatable bonds is 4. The number of nitrogens with zero attached hydrogens (tertiary/aromatic N) is 2. The highest BCUT2D eigenvalue weighted by atomic mass is 35.5. The second-order valence-corrected chi connectivity index (χ2v) is 8.18. The molecule has 28 heavy (non-hydrogen) atoms. The Morgan fingerprint density at radius 3 is 2.32 bits per heavy atom. The summed E-state index contributed by atoms with van der Waals surface area (Å²) in [6.07, 6.45) is 0. The first-order chi connectivity index (χ1) is 13.5. The molecule has 0 saturated carbocycles. The molecule has 0 bridgehead atoms. The third kappa shape index (κ3) is 3.30. The lowest BCUT2D eigenvalue weighted by Gasteiger charge is -2.02. The molecule has 0 fully saturated rings. The Balaban J connectivity index is 1.89. The minimum atomic E-state index is -0.0374. The van der Waals surface area contributed by atoms with E-state index >= 15 is 0 Å². The maximum Gasteiger partial charge on any atom is 0.205 e. The summed E-state index contributed by atoms with van der Waals surface area (Å²) in [4.78, 5) is 18.8. The van der Waals surface area contributed by atoms with Crippen molar-refractivity contribution in [2.75, 3.05) is 0 Å². The number of carbonyl (C=O) groups is 1. The molecule has 0 radical (unpaired) electrons. The molecule has 0 amide bonds. The summed E-state index contributed by atoms with van der Waals surface area (Å²) in [5.41, 5.74) is 5.63. The van der Waals surface area contributed by atoms with Gasteiger partial charge in [-0.25, -0.2) is 4.98 Å². The van der Waals surface area contributed by atoms with Crippen LogP contribution in [0.1, 0.15) is 26.6 Å². The standard InChI is InChI=1S/C23H19ClN2OS/c1-14-13-19(15(2)26(14)3)23-25-20(16-7-5-4-6-8-16)22(28-23)21(27)17-9-11-18(24)12-10-17/h4-13H,1-3H3. The van der Waals surface area contributed by atoms with Gasteiger partial charge >= 0.3 is 0 Å². The monoisotopic (exact) mass is 406 g/mol. The van der Waals surface area contributed by atoms with Gasteiger partial charge in [-0.1, -0.05) is 41.9 Å². The summed E-state index contributed by atoms with van der Waals surface area (Å²) in [6, 6.07) is 19.0. The predicted molar refractivity (Wildman–Crippen MR) is 116 cm³/mol. The molecule has 3 nitrogen and oxygen atoms in total. The van der Waals surface area contributed by atoms with Gasteiger partial charge in [-0.2, -0.15) is 0 Å². The Morgan fingerprint density at radius 2 is 1.71 bits per heavy atom. The molecule has 0 saturated heterocycles. The number of hydrogen-bond donors (Lipinski definition) is 0. The number of aryl methyl sites for hydroxylation is 1. The van der Waals surface area contributed by atoms with Crippen LogP contribution in [0.3, 0.4) is 0 Å². The van der Waals surface area contributed by atoms with Crippen LogP contribution in [0.15, 0.2) is 60.7 Å². The number of ketones is 1.